The van der Waals surface area contributed by atoms with E-state index in [9.17, 15) is 4.79 Å². The SMILES string of the molecule is CC(CO)CCNc1ccc(Cl)cc1C(=O)O. The first-order valence-electron chi connectivity index (χ1n) is 5.42. The molecule has 1 aromatic rings. The molecule has 1 atom stereocenters. The summed E-state index contributed by atoms with van der Waals surface area (Å²) in [4.78, 5) is 11.0. The molecule has 3 N–H and O–H groups in total. The number of aliphatic hydroxyl groups is 1. The molecule has 0 aliphatic carbocycles. The van der Waals surface area contributed by atoms with Crippen molar-refractivity contribution in [3.8, 4) is 0 Å². The van der Waals surface area contributed by atoms with Crippen LogP contribution >= 0.6 is 11.6 Å². The molecule has 0 aliphatic rings. The van der Waals surface area contributed by atoms with E-state index < -0.39 is 5.97 Å². The summed E-state index contributed by atoms with van der Waals surface area (Å²) in [5, 5.41) is 21.3. The lowest BCUT2D eigenvalue weighted by molar-refractivity contribution is 0.0698. The Balaban J connectivity index is 2.67. The van der Waals surface area contributed by atoms with Crippen LogP contribution in [-0.2, 0) is 0 Å². The smallest absolute Gasteiger partial charge is 0.337 e. The van der Waals surface area contributed by atoms with Crippen LogP contribution in [-0.4, -0.2) is 29.3 Å². The summed E-state index contributed by atoms with van der Waals surface area (Å²) in [6.07, 6.45) is 0.776. The predicted octanol–water partition coefficient (Wildman–Crippen LogP) is 2.47. The lowest BCUT2D eigenvalue weighted by atomic mass is 10.1. The number of carboxylic acid groups (broad SMARTS) is 1. The molecule has 0 amide bonds. The molecule has 17 heavy (non-hydrogen) atoms. The average molecular weight is 258 g/mol. The number of benzene rings is 1. The van der Waals surface area contributed by atoms with Crippen LogP contribution in [0.2, 0.25) is 5.02 Å². The van der Waals surface area contributed by atoms with E-state index in [4.69, 9.17) is 21.8 Å². The topological polar surface area (TPSA) is 69.6 Å². The Morgan fingerprint density at radius 3 is 2.82 bits per heavy atom. The highest BCUT2D eigenvalue weighted by molar-refractivity contribution is 6.31. The maximum atomic E-state index is 11.0. The molecule has 0 saturated heterocycles. The normalized spacial score (nSPS) is 12.2. The number of halogens is 1. The van der Waals surface area contributed by atoms with Crippen LogP contribution in [0.25, 0.3) is 0 Å². The Morgan fingerprint density at radius 1 is 1.53 bits per heavy atom. The number of aliphatic hydroxyl groups excluding tert-OH is 1. The second-order valence-corrected chi connectivity index (χ2v) is 4.43. The van der Waals surface area contributed by atoms with Gasteiger partial charge in [0.05, 0.1) is 5.56 Å². The second kappa shape index (κ2) is 6.47. The van der Waals surface area contributed by atoms with Crippen molar-refractivity contribution in [2.45, 2.75) is 13.3 Å². The molecule has 0 spiro atoms. The van der Waals surface area contributed by atoms with E-state index in [1.165, 1.54) is 6.07 Å². The van der Waals surface area contributed by atoms with Gasteiger partial charge in [-0.05, 0) is 30.5 Å². The number of nitrogens with one attached hydrogen (secondary N) is 1. The summed E-state index contributed by atoms with van der Waals surface area (Å²) in [5.74, 6) is -0.812. The molecule has 1 unspecified atom stereocenters. The summed E-state index contributed by atoms with van der Waals surface area (Å²) < 4.78 is 0. The summed E-state index contributed by atoms with van der Waals surface area (Å²) >= 11 is 5.74. The number of carboxylic acids is 1. The summed E-state index contributed by atoms with van der Waals surface area (Å²) in [6, 6.07) is 4.71. The molecule has 0 radical (unpaired) electrons. The van der Waals surface area contributed by atoms with E-state index >= 15 is 0 Å². The number of rotatable bonds is 6. The molecule has 94 valence electrons. The van der Waals surface area contributed by atoms with Crippen molar-refractivity contribution >= 4 is 23.3 Å². The van der Waals surface area contributed by atoms with E-state index in [-0.39, 0.29) is 18.1 Å². The van der Waals surface area contributed by atoms with Gasteiger partial charge in [0.1, 0.15) is 0 Å². The lowest BCUT2D eigenvalue weighted by Crippen LogP contribution is -2.12. The van der Waals surface area contributed by atoms with Gasteiger partial charge in [0.15, 0.2) is 0 Å². The van der Waals surface area contributed by atoms with Crippen LogP contribution in [0.5, 0.6) is 0 Å². The summed E-state index contributed by atoms with van der Waals surface area (Å²) in [6.45, 7) is 2.68. The van der Waals surface area contributed by atoms with E-state index in [1.807, 2.05) is 6.92 Å². The van der Waals surface area contributed by atoms with Gasteiger partial charge < -0.3 is 15.5 Å². The third kappa shape index (κ3) is 4.24. The third-order valence-electron chi connectivity index (χ3n) is 2.48. The maximum absolute atomic E-state index is 11.0. The van der Waals surface area contributed by atoms with Crippen molar-refractivity contribution in [1.29, 1.82) is 0 Å². The van der Waals surface area contributed by atoms with Crippen LogP contribution in [0.3, 0.4) is 0 Å². The Hall–Kier alpha value is -1.26. The Kier molecular flexibility index (Phi) is 5.25. The van der Waals surface area contributed by atoms with Crippen LogP contribution in [0.1, 0.15) is 23.7 Å². The highest BCUT2D eigenvalue weighted by atomic mass is 35.5. The third-order valence-corrected chi connectivity index (χ3v) is 2.71. The van der Waals surface area contributed by atoms with Gasteiger partial charge in [-0.2, -0.15) is 0 Å². The van der Waals surface area contributed by atoms with E-state index in [0.29, 0.717) is 17.3 Å². The molecule has 0 bridgehead atoms. The zero-order valence-corrected chi connectivity index (χ0v) is 10.4. The minimum absolute atomic E-state index is 0.133. The molecule has 0 fully saturated rings. The molecular weight excluding hydrogens is 242 g/mol. The van der Waals surface area contributed by atoms with E-state index in [0.717, 1.165) is 6.42 Å². The molecule has 1 aromatic carbocycles. The fourth-order valence-corrected chi connectivity index (χ4v) is 1.56. The zero-order chi connectivity index (χ0) is 12.8. The van der Waals surface area contributed by atoms with Gasteiger partial charge in [0, 0.05) is 23.9 Å². The van der Waals surface area contributed by atoms with Gasteiger partial charge in [-0.1, -0.05) is 18.5 Å². The molecule has 4 nitrogen and oxygen atoms in total. The van der Waals surface area contributed by atoms with E-state index in [1.54, 1.807) is 12.1 Å². The predicted molar refractivity (Wildman–Crippen MR) is 67.8 cm³/mol. The fourth-order valence-electron chi connectivity index (χ4n) is 1.39. The standard InChI is InChI=1S/C12H16ClNO3/c1-8(7-15)4-5-14-11-3-2-9(13)6-10(11)12(16)17/h2-3,6,8,14-15H,4-5,7H2,1H3,(H,16,17). The maximum Gasteiger partial charge on any atom is 0.337 e. The molecule has 1 rings (SSSR count). The van der Waals surface area contributed by atoms with Gasteiger partial charge in [-0.15, -0.1) is 0 Å². The number of carbonyl (C=O) groups is 1. The second-order valence-electron chi connectivity index (χ2n) is 4.00. The van der Waals surface area contributed by atoms with Gasteiger partial charge in [0.2, 0.25) is 0 Å². The van der Waals surface area contributed by atoms with Crippen molar-refractivity contribution in [3.63, 3.8) is 0 Å². The number of hydrogen-bond acceptors (Lipinski definition) is 3. The van der Waals surface area contributed by atoms with Crippen molar-refractivity contribution in [2.75, 3.05) is 18.5 Å². The first-order valence-corrected chi connectivity index (χ1v) is 5.80. The largest absolute Gasteiger partial charge is 0.478 e. The minimum atomic E-state index is -1.01. The van der Waals surface area contributed by atoms with E-state index in [2.05, 4.69) is 5.32 Å². The van der Waals surface area contributed by atoms with Crippen molar-refractivity contribution in [3.05, 3.63) is 28.8 Å². The highest BCUT2D eigenvalue weighted by Crippen LogP contribution is 2.20. The van der Waals surface area contributed by atoms with Crippen molar-refractivity contribution in [1.82, 2.24) is 0 Å². The quantitative estimate of drug-likeness (QED) is 0.732. The van der Waals surface area contributed by atoms with Crippen LogP contribution in [0, 0.1) is 5.92 Å². The molecule has 5 heteroatoms. The first kappa shape index (κ1) is 13.8. The molecule has 0 saturated carbocycles. The summed E-state index contributed by atoms with van der Waals surface area (Å²) in [5.41, 5.74) is 0.709. The van der Waals surface area contributed by atoms with Crippen LogP contribution in [0.4, 0.5) is 5.69 Å². The lowest BCUT2D eigenvalue weighted by Gasteiger charge is -2.12. The highest BCUT2D eigenvalue weighted by Gasteiger charge is 2.10. The Morgan fingerprint density at radius 2 is 2.24 bits per heavy atom. The van der Waals surface area contributed by atoms with Gasteiger partial charge in [-0.25, -0.2) is 4.79 Å². The summed E-state index contributed by atoms with van der Waals surface area (Å²) in [7, 11) is 0. The Labute approximate surface area is 105 Å². The molecule has 0 heterocycles. The average Bonchev–Trinajstić information content (AvgIpc) is 2.30. The number of hydrogen-bond donors (Lipinski definition) is 3. The molecule has 0 aliphatic heterocycles. The first-order chi connectivity index (χ1) is 8.04. The minimum Gasteiger partial charge on any atom is -0.478 e. The molecular formula is C12H16ClNO3. The van der Waals surface area contributed by atoms with Gasteiger partial charge >= 0.3 is 5.97 Å². The fraction of sp³-hybridized carbons (Fsp3) is 0.417. The molecule has 0 aromatic heterocycles. The zero-order valence-electron chi connectivity index (χ0n) is 9.61. The monoisotopic (exact) mass is 257 g/mol. The number of anilines is 1. The van der Waals surface area contributed by atoms with Crippen LogP contribution in [0.15, 0.2) is 18.2 Å². The van der Waals surface area contributed by atoms with Gasteiger partial charge in [0.25, 0.3) is 0 Å². The number of aromatic carboxylic acids is 1. The van der Waals surface area contributed by atoms with Crippen molar-refractivity contribution in [2.24, 2.45) is 5.92 Å². The van der Waals surface area contributed by atoms with Crippen molar-refractivity contribution < 1.29 is 15.0 Å². The Bertz CT molecular complexity index is 395. The van der Waals surface area contributed by atoms with Crippen LogP contribution < -0.4 is 5.32 Å². The van der Waals surface area contributed by atoms with Gasteiger partial charge in [-0.3, -0.25) is 0 Å².